The van der Waals surface area contributed by atoms with E-state index in [1.807, 2.05) is 0 Å². The van der Waals surface area contributed by atoms with Gasteiger partial charge in [-0.05, 0) is 24.6 Å². The third-order valence-corrected chi connectivity index (χ3v) is 2.98. The Hall–Kier alpha value is -1.94. The minimum Gasteiger partial charge on any atom is -0.495 e. The maximum absolute atomic E-state index is 13.8. The average molecular weight is 246 g/mol. The first kappa shape index (κ1) is 12.5. The molecule has 1 heterocycles. The fourth-order valence-electron chi connectivity index (χ4n) is 1.85. The molecule has 2 rings (SSSR count). The molecule has 0 radical (unpaired) electrons. The van der Waals surface area contributed by atoms with E-state index in [0.29, 0.717) is 16.9 Å². The maximum atomic E-state index is 13.8. The molecule has 0 aliphatic carbocycles. The quantitative estimate of drug-likeness (QED) is 0.905. The molecule has 94 valence electrons. The number of hydrogen-bond donors (Lipinski definition) is 1. The molecule has 1 aromatic carbocycles. The normalized spacial score (nSPS) is 14.0. The van der Waals surface area contributed by atoms with Crippen molar-refractivity contribution in [3.8, 4) is 5.75 Å². The highest BCUT2D eigenvalue weighted by Gasteiger charge is 2.27. The maximum Gasteiger partial charge on any atom is 0.137 e. The second-order valence-electron chi connectivity index (χ2n) is 4.30. The molecule has 2 N–H and O–H groups in total. The largest absolute Gasteiger partial charge is 0.495 e. The summed E-state index contributed by atoms with van der Waals surface area (Å²) in [6.45, 7) is 1.75. The van der Waals surface area contributed by atoms with Crippen molar-refractivity contribution in [2.45, 2.75) is 12.5 Å². The smallest absolute Gasteiger partial charge is 0.137 e. The van der Waals surface area contributed by atoms with E-state index in [-0.39, 0.29) is 5.82 Å². The summed E-state index contributed by atoms with van der Waals surface area (Å²) in [6.07, 6.45) is 3.20. The zero-order chi connectivity index (χ0) is 13.2. The molecule has 0 amide bonds. The van der Waals surface area contributed by atoms with Gasteiger partial charge in [-0.2, -0.15) is 0 Å². The van der Waals surface area contributed by atoms with Gasteiger partial charge in [0.25, 0.3) is 0 Å². The Morgan fingerprint density at radius 1 is 1.28 bits per heavy atom. The van der Waals surface area contributed by atoms with Gasteiger partial charge in [0.2, 0.25) is 0 Å². The number of pyridine rings is 1. The van der Waals surface area contributed by atoms with E-state index in [2.05, 4.69) is 4.98 Å². The van der Waals surface area contributed by atoms with Crippen LogP contribution in [0, 0.1) is 5.82 Å². The number of rotatable bonds is 3. The Morgan fingerprint density at radius 3 is 2.67 bits per heavy atom. The van der Waals surface area contributed by atoms with Crippen molar-refractivity contribution in [3.05, 3.63) is 59.7 Å². The summed E-state index contributed by atoms with van der Waals surface area (Å²) in [5, 5.41) is 0. The fraction of sp³-hybridized carbons (Fsp3) is 0.214. The molecule has 0 saturated heterocycles. The fourth-order valence-corrected chi connectivity index (χ4v) is 1.85. The SMILES string of the molecule is COc1cncc(C(C)(N)c2ccccc2F)c1. The predicted octanol–water partition coefficient (Wildman–Crippen LogP) is 2.45. The van der Waals surface area contributed by atoms with Gasteiger partial charge < -0.3 is 10.5 Å². The standard InChI is InChI=1S/C14H15FN2O/c1-14(16,12-5-3-4-6-13(12)15)10-7-11(18-2)9-17-8-10/h3-9H,16H2,1-2H3. The molecular formula is C14H15FN2O. The molecule has 18 heavy (non-hydrogen) atoms. The molecule has 0 aliphatic heterocycles. The lowest BCUT2D eigenvalue weighted by molar-refractivity contribution is 0.410. The number of aromatic nitrogens is 1. The summed E-state index contributed by atoms with van der Waals surface area (Å²) < 4.78 is 18.9. The monoisotopic (exact) mass is 246 g/mol. The number of methoxy groups -OCH3 is 1. The number of nitrogens with zero attached hydrogens (tertiary/aromatic N) is 1. The van der Waals surface area contributed by atoms with Crippen molar-refractivity contribution in [1.29, 1.82) is 0 Å². The van der Waals surface area contributed by atoms with Crippen molar-refractivity contribution in [1.82, 2.24) is 4.98 Å². The number of benzene rings is 1. The second-order valence-corrected chi connectivity index (χ2v) is 4.30. The molecule has 0 bridgehead atoms. The van der Waals surface area contributed by atoms with Crippen LogP contribution >= 0.6 is 0 Å². The molecule has 1 atom stereocenters. The summed E-state index contributed by atoms with van der Waals surface area (Å²) in [6, 6.07) is 8.23. The predicted molar refractivity (Wildman–Crippen MR) is 67.8 cm³/mol. The number of hydrogen-bond acceptors (Lipinski definition) is 3. The van der Waals surface area contributed by atoms with E-state index < -0.39 is 5.54 Å². The first-order valence-corrected chi connectivity index (χ1v) is 5.59. The van der Waals surface area contributed by atoms with Gasteiger partial charge in [0, 0.05) is 11.8 Å². The minimum atomic E-state index is -0.952. The molecule has 1 aromatic heterocycles. The van der Waals surface area contributed by atoms with Crippen molar-refractivity contribution in [2.24, 2.45) is 5.73 Å². The van der Waals surface area contributed by atoms with Crippen LogP contribution in [0.1, 0.15) is 18.1 Å². The Morgan fingerprint density at radius 2 is 2.00 bits per heavy atom. The molecule has 0 saturated carbocycles. The number of halogens is 1. The summed E-state index contributed by atoms with van der Waals surface area (Å²) in [5.74, 6) is 0.269. The molecule has 1 unspecified atom stereocenters. The van der Waals surface area contributed by atoms with Crippen LogP contribution in [0.25, 0.3) is 0 Å². The van der Waals surface area contributed by atoms with Crippen molar-refractivity contribution in [3.63, 3.8) is 0 Å². The van der Waals surface area contributed by atoms with E-state index in [4.69, 9.17) is 10.5 Å². The lowest BCUT2D eigenvalue weighted by Gasteiger charge is -2.26. The Balaban J connectivity index is 2.50. The highest BCUT2D eigenvalue weighted by Crippen LogP contribution is 2.29. The Bertz CT molecular complexity index is 555. The molecule has 2 aromatic rings. The van der Waals surface area contributed by atoms with Crippen molar-refractivity contribution in [2.75, 3.05) is 7.11 Å². The Kier molecular flexibility index (Phi) is 3.30. The second kappa shape index (κ2) is 4.74. The van der Waals surface area contributed by atoms with Crippen LogP contribution in [-0.2, 0) is 5.54 Å². The van der Waals surface area contributed by atoms with E-state index in [1.165, 1.54) is 6.07 Å². The van der Waals surface area contributed by atoms with Gasteiger partial charge in [-0.1, -0.05) is 18.2 Å². The number of ether oxygens (including phenoxy) is 1. The lowest BCUT2D eigenvalue weighted by Crippen LogP contribution is -2.35. The van der Waals surface area contributed by atoms with Gasteiger partial charge in [0.05, 0.1) is 18.8 Å². The van der Waals surface area contributed by atoms with Gasteiger partial charge >= 0.3 is 0 Å². The van der Waals surface area contributed by atoms with Gasteiger partial charge in [0.1, 0.15) is 11.6 Å². The molecule has 0 fully saturated rings. The molecule has 3 nitrogen and oxygen atoms in total. The summed E-state index contributed by atoms with van der Waals surface area (Å²) >= 11 is 0. The third-order valence-electron chi connectivity index (χ3n) is 2.98. The van der Waals surface area contributed by atoms with E-state index in [1.54, 1.807) is 50.7 Å². The van der Waals surface area contributed by atoms with E-state index >= 15 is 0 Å². The average Bonchev–Trinajstić information content (AvgIpc) is 2.39. The van der Waals surface area contributed by atoms with Crippen LogP contribution in [0.3, 0.4) is 0 Å². The van der Waals surface area contributed by atoms with Crippen molar-refractivity contribution < 1.29 is 9.13 Å². The first-order valence-electron chi connectivity index (χ1n) is 5.59. The lowest BCUT2D eigenvalue weighted by atomic mass is 9.86. The Labute approximate surface area is 105 Å². The summed E-state index contributed by atoms with van der Waals surface area (Å²) in [5.41, 5.74) is 6.43. The van der Waals surface area contributed by atoms with Gasteiger partial charge in [-0.25, -0.2) is 4.39 Å². The highest BCUT2D eigenvalue weighted by atomic mass is 19.1. The van der Waals surface area contributed by atoms with E-state index in [9.17, 15) is 4.39 Å². The van der Waals surface area contributed by atoms with Gasteiger partial charge in [0.15, 0.2) is 0 Å². The summed E-state index contributed by atoms with van der Waals surface area (Å²) in [4.78, 5) is 4.05. The molecule has 0 spiro atoms. The van der Waals surface area contributed by atoms with Gasteiger partial charge in [-0.3, -0.25) is 4.98 Å². The van der Waals surface area contributed by atoms with Crippen molar-refractivity contribution >= 4 is 0 Å². The van der Waals surface area contributed by atoms with Crippen LogP contribution in [0.4, 0.5) is 4.39 Å². The zero-order valence-electron chi connectivity index (χ0n) is 10.4. The topological polar surface area (TPSA) is 48.1 Å². The van der Waals surface area contributed by atoms with E-state index in [0.717, 1.165) is 0 Å². The van der Waals surface area contributed by atoms with Crippen LogP contribution in [0.15, 0.2) is 42.7 Å². The summed E-state index contributed by atoms with van der Waals surface area (Å²) in [7, 11) is 1.55. The molecule has 0 aliphatic rings. The van der Waals surface area contributed by atoms with Crippen LogP contribution in [0.5, 0.6) is 5.75 Å². The first-order chi connectivity index (χ1) is 8.55. The van der Waals surface area contributed by atoms with Gasteiger partial charge in [-0.15, -0.1) is 0 Å². The minimum absolute atomic E-state index is 0.328. The highest BCUT2D eigenvalue weighted by molar-refractivity contribution is 5.39. The third kappa shape index (κ3) is 2.19. The molecular weight excluding hydrogens is 231 g/mol. The van der Waals surface area contributed by atoms with Crippen LogP contribution in [-0.4, -0.2) is 12.1 Å². The van der Waals surface area contributed by atoms with Crippen LogP contribution in [0.2, 0.25) is 0 Å². The van der Waals surface area contributed by atoms with Crippen LogP contribution < -0.4 is 10.5 Å². The zero-order valence-corrected chi connectivity index (χ0v) is 10.4. The molecule has 4 heteroatoms. The number of nitrogens with two attached hydrogens (primary N) is 1.